The number of nitrogens with one attached hydrogen (secondary N) is 1. The number of carbonyl (C=O) groups excluding carboxylic acids is 1. The van der Waals surface area contributed by atoms with Gasteiger partial charge in [0.1, 0.15) is 73.2 Å². The zero-order valence-electron chi connectivity index (χ0n) is 64.4. The molecule has 102 heavy (non-hydrogen) atoms. The summed E-state index contributed by atoms with van der Waals surface area (Å²) in [5.41, 5.74) is 0. The van der Waals surface area contributed by atoms with Crippen molar-refractivity contribution >= 4 is 5.91 Å². The van der Waals surface area contributed by atoms with Crippen LogP contribution in [-0.2, 0) is 33.2 Å². The molecule has 3 aliphatic heterocycles. The van der Waals surface area contributed by atoms with Crippen molar-refractivity contribution in [3.05, 3.63) is 36.5 Å². The van der Waals surface area contributed by atoms with E-state index in [1.807, 2.05) is 0 Å². The summed E-state index contributed by atoms with van der Waals surface area (Å²) in [7, 11) is 0. The van der Waals surface area contributed by atoms with Crippen molar-refractivity contribution in [2.45, 2.75) is 458 Å². The summed E-state index contributed by atoms with van der Waals surface area (Å²) in [5, 5.41) is 121. The van der Waals surface area contributed by atoms with Gasteiger partial charge in [-0.1, -0.05) is 333 Å². The number of amides is 1. The van der Waals surface area contributed by atoms with E-state index in [2.05, 4.69) is 55.6 Å². The van der Waals surface area contributed by atoms with Crippen LogP contribution in [0.25, 0.3) is 0 Å². The number of ether oxygens (including phenoxy) is 6. The van der Waals surface area contributed by atoms with Crippen LogP contribution in [-0.4, -0.2) is 193 Å². The van der Waals surface area contributed by atoms with Gasteiger partial charge in [0.25, 0.3) is 0 Å². The maximum absolute atomic E-state index is 13.5. The van der Waals surface area contributed by atoms with Crippen LogP contribution in [0, 0.1) is 0 Å². The number of allylic oxidation sites excluding steroid dienone is 6. The van der Waals surface area contributed by atoms with E-state index in [0.29, 0.717) is 12.8 Å². The van der Waals surface area contributed by atoms with Crippen LogP contribution >= 0.6 is 0 Å². The third-order valence-corrected chi connectivity index (χ3v) is 21.2. The molecule has 3 rings (SSSR count). The molecule has 600 valence electrons. The molecular formula is C83H155NO18. The Bertz CT molecular complexity index is 1980. The normalized spacial score (nSPS) is 26.3. The highest BCUT2D eigenvalue weighted by molar-refractivity contribution is 5.76. The zero-order chi connectivity index (χ0) is 73.9. The van der Waals surface area contributed by atoms with Crippen LogP contribution in [0.1, 0.15) is 354 Å². The minimum Gasteiger partial charge on any atom is -0.394 e. The second-order valence-corrected chi connectivity index (χ2v) is 30.3. The molecule has 0 saturated carbocycles. The van der Waals surface area contributed by atoms with Gasteiger partial charge in [-0.3, -0.25) is 4.79 Å². The van der Waals surface area contributed by atoms with Crippen LogP contribution in [0.4, 0.5) is 0 Å². The van der Waals surface area contributed by atoms with Crippen molar-refractivity contribution in [3.63, 3.8) is 0 Å². The van der Waals surface area contributed by atoms with E-state index in [9.17, 15) is 61.0 Å². The average Bonchev–Trinajstić information content (AvgIpc) is 0.781. The van der Waals surface area contributed by atoms with Crippen molar-refractivity contribution < 1.29 is 89.4 Å². The standard InChI is InChI=1S/C83H155NO18/c1-3-5-7-9-11-13-15-17-19-21-23-25-27-28-29-30-31-32-33-34-35-36-37-38-39-41-43-45-47-49-51-53-55-57-59-61-71(89)84-66(67(88)60-58-56-54-52-50-48-46-44-42-40-26-24-22-20-18-16-14-12-10-8-6-4-2)65-97-81-77(95)74(92)79(69(63-86)99-81)102-83-78(96)75(93)80(70(64-87)100-83)101-82-76(94)73(91)72(90)68(62-85)98-82/h15,17,21,23,27-28,66-70,72-83,85-88,90-96H,3-14,16,18-20,22,24-26,29-65H2,1-2H3,(H,84,89)/b17-15-,23-21-,28-27-. The van der Waals surface area contributed by atoms with Gasteiger partial charge in [-0.25, -0.2) is 0 Å². The maximum atomic E-state index is 13.5. The minimum absolute atomic E-state index is 0.236. The fourth-order valence-corrected chi connectivity index (χ4v) is 14.4. The summed E-state index contributed by atoms with van der Waals surface area (Å²) in [4.78, 5) is 13.5. The Kier molecular flexibility index (Phi) is 59.0. The molecule has 3 aliphatic rings. The third-order valence-electron chi connectivity index (χ3n) is 21.2. The number of hydrogen-bond acceptors (Lipinski definition) is 18. The Balaban J connectivity index is 1.33. The average molecular weight is 1460 g/mol. The molecule has 3 fully saturated rings. The summed E-state index contributed by atoms with van der Waals surface area (Å²) in [6.45, 7) is 1.85. The molecule has 19 nitrogen and oxygen atoms in total. The monoisotopic (exact) mass is 1450 g/mol. The van der Waals surface area contributed by atoms with Crippen molar-refractivity contribution in [3.8, 4) is 0 Å². The van der Waals surface area contributed by atoms with Crippen LogP contribution in [0.5, 0.6) is 0 Å². The van der Waals surface area contributed by atoms with E-state index in [0.717, 1.165) is 57.8 Å². The van der Waals surface area contributed by atoms with Crippen molar-refractivity contribution in [1.29, 1.82) is 0 Å². The van der Waals surface area contributed by atoms with E-state index in [1.165, 1.54) is 263 Å². The minimum atomic E-state index is -1.97. The molecule has 3 saturated heterocycles. The van der Waals surface area contributed by atoms with E-state index in [4.69, 9.17) is 28.4 Å². The molecule has 0 bridgehead atoms. The smallest absolute Gasteiger partial charge is 0.220 e. The molecular weight excluding hydrogens is 1300 g/mol. The Hall–Kier alpha value is -1.99. The van der Waals surface area contributed by atoms with Crippen molar-refractivity contribution in [1.82, 2.24) is 5.32 Å². The fourth-order valence-electron chi connectivity index (χ4n) is 14.4. The Labute approximate surface area is 619 Å². The topological polar surface area (TPSA) is 307 Å². The van der Waals surface area contributed by atoms with E-state index in [-0.39, 0.29) is 18.9 Å². The number of hydrogen-bond donors (Lipinski definition) is 12. The van der Waals surface area contributed by atoms with E-state index < -0.39 is 124 Å². The van der Waals surface area contributed by atoms with Crippen molar-refractivity contribution in [2.75, 3.05) is 26.4 Å². The molecule has 3 heterocycles. The Morgan fingerprint density at radius 1 is 0.353 bits per heavy atom. The summed E-state index contributed by atoms with van der Waals surface area (Å²) in [5.74, 6) is -0.236. The predicted molar refractivity (Wildman–Crippen MR) is 406 cm³/mol. The van der Waals surface area contributed by atoms with Crippen molar-refractivity contribution in [2.24, 2.45) is 0 Å². The highest BCUT2D eigenvalue weighted by Gasteiger charge is 2.54. The highest BCUT2D eigenvalue weighted by Crippen LogP contribution is 2.33. The number of carbonyl (C=O) groups is 1. The first-order chi connectivity index (χ1) is 49.8. The summed E-state index contributed by atoms with van der Waals surface area (Å²) < 4.78 is 34.6. The number of aliphatic hydroxyl groups excluding tert-OH is 11. The molecule has 17 unspecified atom stereocenters. The molecule has 19 heteroatoms. The number of unbranched alkanes of at least 4 members (excludes halogenated alkanes) is 46. The van der Waals surface area contributed by atoms with Gasteiger partial charge in [-0.05, 0) is 51.4 Å². The molecule has 0 aromatic heterocycles. The van der Waals surface area contributed by atoms with E-state index in [1.54, 1.807) is 0 Å². The molecule has 12 N–H and O–H groups in total. The fraction of sp³-hybridized carbons (Fsp3) is 0.916. The van der Waals surface area contributed by atoms with Gasteiger partial charge < -0.3 is 89.9 Å². The van der Waals surface area contributed by atoms with Crippen LogP contribution < -0.4 is 5.32 Å². The Morgan fingerprint density at radius 3 is 1.01 bits per heavy atom. The van der Waals surface area contributed by atoms with Gasteiger partial charge in [-0.2, -0.15) is 0 Å². The molecule has 1 amide bonds. The first-order valence-electron chi connectivity index (χ1n) is 42.2. The predicted octanol–water partition coefficient (Wildman–Crippen LogP) is 14.7. The summed E-state index contributed by atoms with van der Waals surface area (Å²) in [6.07, 6.45) is 52.4. The lowest BCUT2D eigenvalue weighted by Gasteiger charge is -2.48. The van der Waals surface area contributed by atoms with Gasteiger partial charge in [0.2, 0.25) is 5.91 Å². The summed E-state index contributed by atoms with van der Waals surface area (Å²) >= 11 is 0. The molecule has 0 aromatic carbocycles. The first-order valence-corrected chi connectivity index (χ1v) is 42.2. The lowest BCUT2D eigenvalue weighted by atomic mass is 9.96. The van der Waals surface area contributed by atoms with Gasteiger partial charge in [-0.15, -0.1) is 0 Å². The molecule has 0 aliphatic carbocycles. The number of rotatable bonds is 68. The Morgan fingerprint density at radius 2 is 0.647 bits per heavy atom. The largest absolute Gasteiger partial charge is 0.394 e. The quantitative estimate of drug-likeness (QED) is 0.0199. The maximum Gasteiger partial charge on any atom is 0.220 e. The molecule has 0 radical (unpaired) electrons. The summed E-state index contributed by atoms with van der Waals surface area (Å²) in [6, 6.07) is -0.887. The lowest BCUT2D eigenvalue weighted by molar-refractivity contribution is -0.379. The van der Waals surface area contributed by atoms with Gasteiger partial charge >= 0.3 is 0 Å². The first kappa shape index (κ1) is 94.2. The molecule has 0 aromatic rings. The van der Waals surface area contributed by atoms with Crippen LogP contribution in [0.3, 0.4) is 0 Å². The molecule has 0 spiro atoms. The SMILES string of the molecule is CCCCCCC/C=C\C/C=C\C/C=C\CCCCCCCCCCCCCCCCCCCCCCC(=O)NC(COC1OC(CO)C(OC2OC(CO)C(OC3OC(CO)C(O)C(O)C3O)C(O)C2O)C(O)C1O)C(O)CCCCCCCCCCCCCCCCCCCCCCCC. The zero-order valence-corrected chi connectivity index (χ0v) is 64.4. The van der Waals surface area contributed by atoms with Gasteiger partial charge in [0.05, 0.1) is 38.6 Å². The number of aliphatic hydroxyl groups is 11. The van der Waals surface area contributed by atoms with E-state index >= 15 is 0 Å². The second kappa shape index (κ2) is 63.9. The molecule has 17 atom stereocenters. The lowest BCUT2D eigenvalue weighted by Crippen LogP contribution is -2.66. The van der Waals surface area contributed by atoms with Crippen LogP contribution in [0.15, 0.2) is 36.5 Å². The third kappa shape index (κ3) is 43.3. The van der Waals surface area contributed by atoms with Gasteiger partial charge in [0, 0.05) is 6.42 Å². The highest BCUT2D eigenvalue weighted by atomic mass is 16.8. The van der Waals surface area contributed by atoms with Gasteiger partial charge in [0.15, 0.2) is 18.9 Å². The second-order valence-electron chi connectivity index (χ2n) is 30.3. The van der Waals surface area contributed by atoms with Crippen LogP contribution in [0.2, 0.25) is 0 Å².